The molecule has 1 aromatic carbocycles. The van der Waals surface area contributed by atoms with Crippen LogP contribution in [0.2, 0.25) is 0 Å². The summed E-state index contributed by atoms with van der Waals surface area (Å²) in [6.45, 7) is 4.95. The van der Waals surface area contributed by atoms with Crippen molar-refractivity contribution < 1.29 is 4.74 Å². The van der Waals surface area contributed by atoms with Gasteiger partial charge in [-0.15, -0.1) is 11.3 Å². The van der Waals surface area contributed by atoms with Crippen molar-refractivity contribution in [2.75, 3.05) is 39.8 Å². The van der Waals surface area contributed by atoms with Crippen molar-refractivity contribution in [2.24, 2.45) is 4.99 Å². The molecule has 0 bridgehead atoms. The number of nitrogens with zero attached hydrogens (tertiary/aromatic N) is 2. The van der Waals surface area contributed by atoms with Crippen molar-refractivity contribution in [1.82, 2.24) is 15.5 Å². The molecule has 2 N–H and O–H groups in total. The Kier molecular flexibility index (Phi) is 6.49. The van der Waals surface area contributed by atoms with Gasteiger partial charge in [0.15, 0.2) is 5.96 Å². The molecule has 1 aromatic heterocycles. The summed E-state index contributed by atoms with van der Waals surface area (Å²) in [6.07, 6.45) is 4.62. The minimum atomic E-state index is 0.428. The Bertz CT molecular complexity index is 784. The van der Waals surface area contributed by atoms with E-state index in [2.05, 4.69) is 56.2 Å². The largest absolute Gasteiger partial charge is 0.493 e. The first-order chi connectivity index (χ1) is 13.8. The number of fused-ring (bicyclic) bond motifs is 1. The van der Waals surface area contributed by atoms with Crippen molar-refractivity contribution in [2.45, 2.75) is 31.7 Å². The third-order valence-electron chi connectivity index (χ3n) is 5.60. The SMILES string of the molecule is CN=C(NCCc1ccc2c(c1)CCO2)NCC(c1cccs1)N1CCCC1. The Morgan fingerprint density at radius 2 is 2.14 bits per heavy atom. The first kappa shape index (κ1) is 19.3. The number of guanidine groups is 1. The Hall–Kier alpha value is -2.05. The van der Waals surface area contributed by atoms with E-state index < -0.39 is 0 Å². The molecule has 1 atom stereocenters. The highest BCUT2D eigenvalue weighted by Crippen LogP contribution is 2.28. The van der Waals surface area contributed by atoms with Crippen LogP contribution in [0.4, 0.5) is 0 Å². The molecule has 2 aromatic rings. The number of rotatable bonds is 7. The predicted molar refractivity (Wildman–Crippen MR) is 117 cm³/mol. The van der Waals surface area contributed by atoms with Crippen LogP contribution in [0, 0.1) is 0 Å². The molecule has 5 nitrogen and oxygen atoms in total. The minimum absolute atomic E-state index is 0.428. The average Bonchev–Trinajstić information content (AvgIpc) is 3.49. The predicted octanol–water partition coefficient (Wildman–Crippen LogP) is 3.23. The smallest absolute Gasteiger partial charge is 0.191 e. The van der Waals surface area contributed by atoms with Gasteiger partial charge in [0.1, 0.15) is 5.75 Å². The number of hydrogen-bond donors (Lipinski definition) is 2. The fourth-order valence-electron chi connectivity index (χ4n) is 4.08. The van der Waals surface area contributed by atoms with Crippen LogP contribution in [-0.2, 0) is 12.8 Å². The maximum absolute atomic E-state index is 5.59. The lowest BCUT2D eigenvalue weighted by molar-refractivity contribution is 0.249. The lowest BCUT2D eigenvalue weighted by Crippen LogP contribution is -2.43. The molecule has 0 radical (unpaired) electrons. The quantitative estimate of drug-likeness (QED) is 0.555. The van der Waals surface area contributed by atoms with Crippen LogP contribution in [0.15, 0.2) is 40.7 Å². The molecule has 150 valence electrons. The molecule has 0 amide bonds. The van der Waals surface area contributed by atoms with Crippen molar-refractivity contribution >= 4 is 17.3 Å². The van der Waals surface area contributed by atoms with Gasteiger partial charge in [0.05, 0.1) is 12.6 Å². The number of ether oxygens (including phenoxy) is 1. The van der Waals surface area contributed by atoms with E-state index in [4.69, 9.17) is 4.74 Å². The van der Waals surface area contributed by atoms with Gasteiger partial charge in [0, 0.05) is 31.4 Å². The summed E-state index contributed by atoms with van der Waals surface area (Å²) in [7, 11) is 1.85. The van der Waals surface area contributed by atoms with E-state index >= 15 is 0 Å². The van der Waals surface area contributed by atoms with Crippen LogP contribution in [0.5, 0.6) is 5.75 Å². The van der Waals surface area contributed by atoms with E-state index in [0.717, 1.165) is 44.2 Å². The molecule has 1 unspecified atom stereocenters. The fourth-order valence-corrected chi connectivity index (χ4v) is 4.94. The van der Waals surface area contributed by atoms with Gasteiger partial charge >= 0.3 is 0 Å². The van der Waals surface area contributed by atoms with Crippen LogP contribution >= 0.6 is 11.3 Å². The third-order valence-corrected chi connectivity index (χ3v) is 6.57. The number of nitrogens with one attached hydrogen (secondary N) is 2. The molecule has 6 heteroatoms. The Balaban J connectivity index is 1.28. The van der Waals surface area contributed by atoms with Crippen molar-refractivity contribution in [1.29, 1.82) is 0 Å². The topological polar surface area (TPSA) is 48.9 Å². The highest BCUT2D eigenvalue weighted by Gasteiger charge is 2.24. The van der Waals surface area contributed by atoms with E-state index in [-0.39, 0.29) is 0 Å². The van der Waals surface area contributed by atoms with Gasteiger partial charge in [0.25, 0.3) is 0 Å². The zero-order chi connectivity index (χ0) is 19.2. The van der Waals surface area contributed by atoms with E-state index in [9.17, 15) is 0 Å². The molecule has 0 saturated carbocycles. The second-order valence-electron chi connectivity index (χ2n) is 7.44. The number of benzene rings is 1. The number of thiophene rings is 1. The summed E-state index contributed by atoms with van der Waals surface area (Å²) in [4.78, 5) is 8.45. The lowest BCUT2D eigenvalue weighted by Gasteiger charge is -2.27. The second-order valence-corrected chi connectivity index (χ2v) is 8.42. The summed E-state index contributed by atoms with van der Waals surface area (Å²) < 4.78 is 5.59. The van der Waals surface area contributed by atoms with E-state index in [0.29, 0.717) is 6.04 Å². The maximum atomic E-state index is 5.59. The van der Waals surface area contributed by atoms with Crippen molar-refractivity contribution in [3.63, 3.8) is 0 Å². The molecule has 4 rings (SSSR count). The van der Waals surface area contributed by atoms with Crippen LogP contribution in [0.25, 0.3) is 0 Å². The van der Waals surface area contributed by atoms with Crippen LogP contribution < -0.4 is 15.4 Å². The number of aliphatic imine (C=N–C) groups is 1. The average molecular weight is 399 g/mol. The highest BCUT2D eigenvalue weighted by atomic mass is 32.1. The minimum Gasteiger partial charge on any atom is -0.493 e. The molecule has 3 heterocycles. The molecular formula is C22H30N4OS. The van der Waals surface area contributed by atoms with Gasteiger partial charge in [-0.05, 0) is 61.0 Å². The molecule has 1 saturated heterocycles. The zero-order valence-corrected chi connectivity index (χ0v) is 17.4. The van der Waals surface area contributed by atoms with Crippen molar-refractivity contribution in [3.8, 4) is 5.75 Å². The molecular weight excluding hydrogens is 368 g/mol. The molecule has 28 heavy (non-hydrogen) atoms. The maximum Gasteiger partial charge on any atom is 0.191 e. The first-order valence-corrected chi connectivity index (χ1v) is 11.2. The van der Waals surface area contributed by atoms with Crippen molar-refractivity contribution in [3.05, 3.63) is 51.7 Å². The number of likely N-dealkylation sites (tertiary alicyclic amines) is 1. The Morgan fingerprint density at radius 3 is 2.93 bits per heavy atom. The standard InChI is InChI=1S/C22H30N4OS/c1-23-22(24-10-8-17-6-7-20-18(15-17)9-13-27-20)25-16-19(21-5-4-14-28-21)26-11-2-3-12-26/h4-7,14-15,19H,2-3,8-13,16H2,1H3,(H2,23,24,25). The van der Waals surface area contributed by atoms with Gasteiger partial charge < -0.3 is 15.4 Å². The van der Waals surface area contributed by atoms with E-state index in [1.807, 2.05) is 18.4 Å². The molecule has 0 spiro atoms. The molecule has 2 aliphatic rings. The normalized spacial score (nSPS) is 18.0. The van der Waals surface area contributed by atoms with Gasteiger partial charge in [-0.25, -0.2) is 0 Å². The van der Waals surface area contributed by atoms with Crippen LogP contribution in [0.1, 0.15) is 34.9 Å². The second kappa shape index (κ2) is 9.43. The Morgan fingerprint density at radius 1 is 1.25 bits per heavy atom. The van der Waals surface area contributed by atoms with Gasteiger partial charge in [-0.1, -0.05) is 18.2 Å². The summed E-state index contributed by atoms with van der Waals surface area (Å²) in [6, 6.07) is 11.4. The summed E-state index contributed by atoms with van der Waals surface area (Å²) in [5, 5.41) is 9.19. The lowest BCUT2D eigenvalue weighted by atomic mass is 10.1. The molecule has 1 fully saturated rings. The third kappa shape index (κ3) is 4.67. The monoisotopic (exact) mass is 398 g/mol. The fraction of sp³-hybridized carbons (Fsp3) is 0.500. The first-order valence-electron chi connectivity index (χ1n) is 10.3. The summed E-state index contributed by atoms with van der Waals surface area (Å²) >= 11 is 1.85. The van der Waals surface area contributed by atoms with Crippen LogP contribution in [-0.4, -0.2) is 50.7 Å². The Labute approximate surface area is 171 Å². The van der Waals surface area contributed by atoms with Gasteiger partial charge in [-0.2, -0.15) is 0 Å². The van der Waals surface area contributed by atoms with Gasteiger partial charge in [-0.3, -0.25) is 9.89 Å². The van der Waals surface area contributed by atoms with E-state index in [1.165, 1.54) is 41.9 Å². The summed E-state index contributed by atoms with van der Waals surface area (Å²) in [5.41, 5.74) is 2.69. The molecule has 0 aliphatic carbocycles. The number of hydrogen-bond acceptors (Lipinski definition) is 4. The van der Waals surface area contributed by atoms with Gasteiger partial charge in [0.2, 0.25) is 0 Å². The highest BCUT2D eigenvalue weighted by molar-refractivity contribution is 7.10. The molecule has 2 aliphatic heterocycles. The summed E-state index contributed by atoms with van der Waals surface area (Å²) in [5.74, 6) is 1.93. The van der Waals surface area contributed by atoms with E-state index in [1.54, 1.807) is 0 Å². The zero-order valence-electron chi connectivity index (χ0n) is 16.6. The van der Waals surface area contributed by atoms with Crippen LogP contribution in [0.3, 0.4) is 0 Å².